The van der Waals surface area contributed by atoms with Gasteiger partial charge in [0, 0.05) is 37.2 Å². The number of rotatable bonds is 4. The lowest BCUT2D eigenvalue weighted by molar-refractivity contribution is 0.0670. The molecule has 3 heterocycles. The summed E-state index contributed by atoms with van der Waals surface area (Å²) in [4.78, 5) is 29.4. The highest BCUT2D eigenvalue weighted by molar-refractivity contribution is 5.96. The van der Waals surface area contributed by atoms with Crippen LogP contribution in [0.5, 0.6) is 5.75 Å². The normalized spacial score (nSPS) is 15.2. The summed E-state index contributed by atoms with van der Waals surface area (Å²) in [6.45, 7) is 1.78. The van der Waals surface area contributed by atoms with Crippen molar-refractivity contribution in [2.45, 2.75) is 26.1 Å². The molecule has 176 valence electrons. The molecule has 10 heteroatoms. The molecule has 0 aliphatic carbocycles. The molecular weight excluding hydrogens is 449 g/mol. The molecule has 0 saturated carbocycles. The van der Waals surface area contributed by atoms with Crippen LogP contribution in [-0.2, 0) is 26.1 Å². The largest absolute Gasteiger partial charge is 0.497 e. The van der Waals surface area contributed by atoms with E-state index in [0.717, 1.165) is 17.0 Å². The van der Waals surface area contributed by atoms with Crippen molar-refractivity contribution < 1.29 is 27.5 Å². The monoisotopic (exact) mass is 470 g/mol. The number of ether oxygens (including phenoxy) is 1. The molecule has 2 aliphatic rings. The molecule has 2 aliphatic heterocycles. The van der Waals surface area contributed by atoms with Gasteiger partial charge in [0.05, 0.1) is 25.9 Å². The van der Waals surface area contributed by atoms with Crippen LogP contribution < -0.4 is 4.74 Å². The molecule has 1 aromatic heterocycles. The topological polar surface area (TPSA) is 67.7 Å². The van der Waals surface area contributed by atoms with E-state index in [0.29, 0.717) is 49.4 Å². The van der Waals surface area contributed by atoms with Crippen molar-refractivity contribution in [1.29, 1.82) is 0 Å². The Morgan fingerprint density at radius 3 is 2.44 bits per heavy atom. The number of hydrogen-bond acceptors (Lipinski definition) is 4. The minimum absolute atomic E-state index is 0.0756. The molecule has 0 fully saturated rings. The molecule has 3 aromatic rings. The molecule has 0 radical (unpaired) electrons. The van der Waals surface area contributed by atoms with Gasteiger partial charge >= 0.3 is 0 Å². The van der Waals surface area contributed by atoms with Gasteiger partial charge in [-0.25, -0.2) is 13.2 Å². The fraction of sp³-hybridized carbons (Fsp3) is 0.292. The van der Waals surface area contributed by atoms with E-state index in [2.05, 4.69) is 5.10 Å². The zero-order valence-electron chi connectivity index (χ0n) is 18.4. The molecule has 0 unspecified atom stereocenters. The Kier molecular flexibility index (Phi) is 5.51. The highest BCUT2D eigenvalue weighted by atomic mass is 19.2. The van der Waals surface area contributed by atoms with Crippen molar-refractivity contribution in [3.05, 3.63) is 81.9 Å². The van der Waals surface area contributed by atoms with E-state index in [1.165, 1.54) is 4.90 Å². The first kappa shape index (κ1) is 22.0. The fourth-order valence-electron chi connectivity index (χ4n) is 4.43. The minimum Gasteiger partial charge on any atom is -0.497 e. The summed E-state index contributed by atoms with van der Waals surface area (Å²) in [5.74, 6) is -4.57. The lowest BCUT2D eigenvalue weighted by Crippen LogP contribution is -2.41. The Bertz CT molecular complexity index is 1270. The minimum atomic E-state index is -1.62. The van der Waals surface area contributed by atoms with Gasteiger partial charge in [0.15, 0.2) is 17.5 Å². The van der Waals surface area contributed by atoms with Crippen molar-refractivity contribution in [3.63, 3.8) is 0 Å². The van der Waals surface area contributed by atoms with Crippen molar-refractivity contribution in [2.24, 2.45) is 0 Å². The third kappa shape index (κ3) is 3.78. The molecule has 2 amide bonds. The van der Waals surface area contributed by atoms with Gasteiger partial charge in [-0.1, -0.05) is 12.1 Å². The molecule has 0 saturated heterocycles. The highest BCUT2D eigenvalue weighted by Crippen LogP contribution is 2.28. The highest BCUT2D eigenvalue weighted by Gasteiger charge is 2.35. The number of carbonyl (C=O) groups is 2. The van der Waals surface area contributed by atoms with Gasteiger partial charge in [-0.2, -0.15) is 5.10 Å². The van der Waals surface area contributed by atoms with Gasteiger partial charge in [0.1, 0.15) is 11.4 Å². The second-order valence-corrected chi connectivity index (χ2v) is 8.30. The Labute approximate surface area is 193 Å². The third-order valence-corrected chi connectivity index (χ3v) is 6.22. The van der Waals surface area contributed by atoms with Crippen LogP contribution in [0.1, 0.15) is 37.7 Å². The number of benzene rings is 2. The van der Waals surface area contributed by atoms with E-state index in [-0.39, 0.29) is 24.6 Å². The average Bonchev–Trinajstić information content (AvgIpc) is 3.22. The van der Waals surface area contributed by atoms with E-state index in [1.54, 1.807) is 16.7 Å². The summed E-state index contributed by atoms with van der Waals surface area (Å²) < 4.78 is 47.4. The lowest BCUT2D eigenvalue weighted by atomic mass is 10.0. The van der Waals surface area contributed by atoms with Crippen molar-refractivity contribution in [2.75, 3.05) is 20.2 Å². The number of aromatic nitrogens is 2. The maximum atomic E-state index is 13.6. The predicted octanol–water partition coefficient (Wildman–Crippen LogP) is 3.16. The number of amides is 2. The Morgan fingerprint density at radius 2 is 1.76 bits per heavy atom. The van der Waals surface area contributed by atoms with Crippen LogP contribution in [-0.4, -0.2) is 51.6 Å². The zero-order chi connectivity index (χ0) is 24.0. The Balaban J connectivity index is 1.38. The smallest absolute Gasteiger partial charge is 0.272 e. The summed E-state index contributed by atoms with van der Waals surface area (Å²) in [6, 6.07) is 8.83. The summed E-state index contributed by atoms with van der Waals surface area (Å²) in [5, 5.41) is 4.56. The van der Waals surface area contributed by atoms with Gasteiger partial charge in [-0.15, -0.1) is 0 Å². The number of halogens is 3. The predicted molar refractivity (Wildman–Crippen MR) is 115 cm³/mol. The molecular formula is C24H21F3N4O3. The third-order valence-electron chi connectivity index (χ3n) is 6.22. The number of methoxy groups -OCH3 is 1. The van der Waals surface area contributed by atoms with Crippen LogP contribution in [0.25, 0.3) is 0 Å². The molecule has 0 bridgehead atoms. The van der Waals surface area contributed by atoms with E-state index >= 15 is 0 Å². The second kappa shape index (κ2) is 8.51. The van der Waals surface area contributed by atoms with Gasteiger partial charge in [-0.05, 0) is 29.8 Å². The van der Waals surface area contributed by atoms with Crippen LogP contribution in [0.4, 0.5) is 13.2 Å². The standard InChI is InChI=1S/C24H21F3N4O3/c1-34-16-4-2-14(3-5-16)12-30-8-9-31-22(24(30)33)17-13-29(7-6-20(17)28-31)23(32)15-10-18(25)21(27)19(26)11-15/h2-5,10-11H,6-9,12-13H2,1H3. The van der Waals surface area contributed by atoms with E-state index in [1.807, 2.05) is 24.3 Å². The number of nitrogens with zero attached hydrogens (tertiary/aromatic N) is 4. The first-order valence-electron chi connectivity index (χ1n) is 10.8. The number of hydrogen-bond donors (Lipinski definition) is 0. The zero-order valence-corrected chi connectivity index (χ0v) is 18.4. The molecule has 0 atom stereocenters. The summed E-state index contributed by atoms with van der Waals surface area (Å²) in [7, 11) is 1.59. The molecule has 2 aromatic carbocycles. The van der Waals surface area contributed by atoms with Crippen molar-refractivity contribution >= 4 is 11.8 Å². The van der Waals surface area contributed by atoms with Gasteiger partial charge < -0.3 is 14.5 Å². The lowest BCUT2D eigenvalue weighted by Gasteiger charge is -2.30. The summed E-state index contributed by atoms with van der Waals surface area (Å²) in [5.41, 5.74) is 2.45. The van der Waals surface area contributed by atoms with Crippen LogP contribution >= 0.6 is 0 Å². The maximum absolute atomic E-state index is 13.6. The first-order valence-corrected chi connectivity index (χ1v) is 10.8. The number of fused-ring (bicyclic) bond motifs is 3. The van der Waals surface area contributed by atoms with E-state index in [4.69, 9.17) is 4.74 Å². The molecule has 0 N–H and O–H groups in total. The summed E-state index contributed by atoms with van der Waals surface area (Å²) in [6.07, 6.45) is 0.402. The number of carbonyl (C=O) groups excluding carboxylic acids is 2. The fourth-order valence-corrected chi connectivity index (χ4v) is 4.43. The van der Waals surface area contributed by atoms with Crippen molar-refractivity contribution in [1.82, 2.24) is 19.6 Å². The average molecular weight is 470 g/mol. The first-order chi connectivity index (χ1) is 16.4. The molecule has 0 spiro atoms. The van der Waals surface area contributed by atoms with Crippen LogP contribution in [0.2, 0.25) is 0 Å². The SMILES string of the molecule is COc1ccc(CN2CCn3nc4c(c3C2=O)CN(C(=O)c2cc(F)c(F)c(F)c2)CC4)cc1. The van der Waals surface area contributed by atoms with Gasteiger partial charge in [0.2, 0.25) is 0 Å². The van der Waals surface area contributed by atoms with Gasteiger partial charge in [-0.3, -0.25) is 14.3 Å². The Hall–Kier alpha value is -3.82. The maximum Gasteiger partial charge on any atom is 0.272 e. The molecule has 34 heavy (non-hydrogen) atoms. The van der Waals surface area contributed by atoms with Gasteiger partial charge in [0.25, 0.3) is 11.8 Å². The van der Waals surface area contributed by atoms with Crippen molar-refractivity contribution in [3.8, 4) is 5.75 Å². The van der Waals surface area contributed by atoms with Crippen LogP contribution in [0.15, 0.2) is 36.4 Å². The second-order valence-electron chi connectivity index (χ2n) is 8.30. The quantitative estimate of drug-likeness (QED) is 0.550. The molecule has 5 rings (SSSR count). The molecule has 7 nitrogen and oxygen atoms in total. The summed E-state index contributed by atoms with van der Waals surface area (Å²) >= 11 is 0. The van der Waals surface area contributed by atoms with E-state index < -0.39 is 23.4 Å². The Morgan fingerprint density at radius 1 is 1.06 bits per heavy atom. The van der Waals surface area contributed by atoms with E-state index in [9.17, 15) is 22.8 Å². The van der Waals surface area contributed by atoms with Crippen LogP contribution in [0, 0.1) is 17.5 Å². The van der Waals surface area contributed by atoms with Crippen LogP contribution in [0.3, 0.4) is 0 Å².